The Morgan fingerprint density at radius 3 is 2.64 bits per heavy atom. The van der Waals surface area contributed by atoms with E-state index in [1.807, 2.05) is 11.9 Å². The molecule has 1 amide bonds. The first-order chi connectivity index (χ1) is 5.11. The Bertz CT molecular complexity index is 154. The van der Waals surface area contributed by atoms with E-state index in [9.17, 15) is 4.79 Å². The maximum atomic E-state index is 11.1. The van der Waals surface area contributed by atoms with Crippen LogP contribution in [0.25, 0.3) is 0 Å². The number of piperidine rings is 1. The summed E-state index contributed by atoms with van der Waals surface area (Å²) >= 11 is 0. The summed E-state index contributed by atoms with van der Waals surface area (Å²) in [4.78, 5) is 12.9. The van der Waals surface area contributed by atoms with E-state index in [0.29, 0.717) is 11.8 Å². The van der Waals surface area contributed by atoms with Gasteiger partial charge in [-0.25, -0.2) is 0 Å². The minimum atomic E-state index is 0.307. The minimum Gasteiger partial charge on any atom is -0.345 e. The first-order valence-electron chi connectivity index (χ1n) is 4.35. The van der Waals surface area contributed by atoms with Crippen LogP contribution in [0.1, 0.15) is 26.7 Å². The Labute approximate surface area is 68.6 Å². The largest absolute Gasteiger partial charge is 0.345 e. The van der Waals surface area contributed by atoms with E-state index >= 15 is 0 Å². The first-order valence-corrected chi connectivity index (χ1v) is 4.35. The molecule has 64 valence electrons. The van der Waals surface area contributed by atoms with Crippen molar-refractivity contribution in [3.63, 3.8) is 0 Å². The monoisotopic (exact) mass is 155 g/mol. The molecule has 0 aromatic carbocycles. The minimum absolute atomic E-state index is 0.307. The number of hydrogen-bond donors (Lipinski definition) is 0. The zero-order valence-electron chi connectivity index (χ0n) is 7.63. The molecule has 0 unspecified atom stereocenters. The molecule has 0 aromatic rings. The summed E-state index contributed by atoms with van der Waals surface area (Å²) in [6.07, 6.45) is 1.83. The summed E-state index contributed by atoms with van der Waals surface area (Å²) in [7, 11) is 1.90. The number of rotatable bonds is 1. The van der Waals surface area contributed by atoms with Gasteiger partial charge in [-0.15, -0.1) is 0 Å². The first kappa shape index (κ1) is 8.57. The summed E-state index contributed by atoms with van der Waals surface area (Å²) in [6.45, 7) is 5.42. The molecule has 1 aliphatic rings. The maximum Gasteiger partial charge on any atom is 0.222 e. The van der Waals surface area contributed by atoms with E-state index < -0.39 is 0 Å². The van der Waals surface area contributed by atoms with Gasteiger partial charge in [0.25, 0.3) is 0 Å². The average Bonchev–Trinajstić information content (AvgIpc) is 1.94. The van der Waals surface area contributed by atoms with Crippen LogP contribution in [0.4, 0.5) is 0 Å². The molecule has 1 heterocycles. The SMILES string of the molecule is CC(C)[C@H]1CCC(=O)N(C)C1. The van der Waals surface area contributed by atoms with Crippen molar-refractivity contribution in [1.29, 1.82) is 0 Å². The molecule has 0 aliphatic carbocycles. The highest BCUT2D eigenvalue weighted by Gasteiger charge is 2.24. The molecular weight excluding hydrogens is 138 g/mol. The lowest BCUT2D eigenvalue weighted by Crippen LogP contribution is -2.38. The van der Waals surface area contributed by atoms with Crippen LogP contribution in [0.2, 0.25) is 0 Å². The average molecular weight is 155 g/mol. The third kappa shape index (κ3) is 1.95. The molecule has 1 aliphatic heterocycles. The van der Waals surface area contributed by atoms with Crippen LogP contribution in [0.3, 0.4) is 0 Å². The molecule has 0 N–H and O–H groups in total. The van der Waals surface area contributed by atoms with E-state index in [2.05, 4.69) is 13.8 Å². The predicted octanol–water partition coefficient (Wildman–Crippen LogP) is 1.51. The fourth-order valence-corrected chi connectivity index (χ4v) is 1.59. The zero-order chi connectivity index (χ0) is 8.43. The molecule has 2 heteroatoms. The van der Waals surface area contributed by atoms with Crippen molar-refractivity contribution in [2.45, 2.75) is 26.7 Å². The standard InChI is InChI=1S/C9H17NO/c1-7(2)8-4-5-9(11)10(3)6-8/h7-8H,4-6H2,1-3H3/t8-/m0/s1. The Morgan fingerprint density at radius 2 is 2.18 bits per heavy atom. The molecule has 0 spiro atoms. The van der Waals surface area contributed by atoms with Crippen molar-refractivity contribution in [3.05, 3.63) is 0 Å². The van der Waals surface area contributed by atoms with E-state index in [1.54, 1.807) is 0 Å². The molecule has 1 atom stereocenters. The van der Waals surface area contributed by atoms with Gasteiger partial charge in [-0.3, -0.25) is 4.79 Å². The maximum absolute atomic E-state index is 11.1. The third-order valence-corrected chi connectivity index (χ3v) is 2.61. The zero-order valence-corrected chi connectivity index (χ0v) is 7.63. The number of hydrogen-bond acceptors (Lipinski definition) is 1. The summed E-state index contributed by atoms with van der Waals surface area (Å²) in [5.41, 5.74) is 0. The number of nitrogens with zero attached hydrogens (tertiary/aromatic N) is 1. The molecule has 1 fully saturated rings. The smallest absolute Gasteiger partial charge is 0.222 e. The van der Waals surface area contributed by atoms with Gasteiger partial charge < -0.3 is 4.90 Å². The second-order valence-electron chi connectivity index (χ2n) is 3.82. The number of carbonyl (C=O) groups is 1. The van der Waals surface area contributed by atoms with Gasteiger partial charge in [-0.05, 0) is 18.3 Å². The van der Waals surface area contributed by atoms with Gasteiger partial charge in [0.15, 0.2) is 0 Å². The van der Waals surface area contributed by atoms with Crippen LogP contribution in [0.15, 0.2) is 0 Å². The fourth-order valence-electron chi connectivity index (χ4n) is 1.59. The number of amides is 1. The van der Waals surface area contributed by atoms with Crippen molar-refractivity contribution >= 4 is 5.91 Å². The summed E-state index contributed by atoms with van der Waals surface area (Å²) in [5, 5.41) is 0. The van der Waals surface area contributed by atoms with Crippen molar-refractivity contribution in [2.75, 3.05) is 13.6 Å². The van der Waals surface area contributed by atoms with Crippen molar-refractivity contribution < 1.29 is 4.79 Å². The van der Waals surface area contributed by atoms with E-state index in [1.165, 1.54) is 0 Å². The molecule has 11 heavy (non-hydrogen) atoms. The normalized spacial score (nSPS) is 26.4. The molecule has 1 rings (SSSR count). The van der Waals surface area contributed by atoms with Gasteiger partial charge in [0.1, 0.15) is 0 Å². The van der Waals surface area contributed by atoms with Crippen LogP contribution in [0.5, 0.6) is 0 Å². The van der Waals surface area contributed by atoms with Crippen LogP contribution in [-0.2, 0) is 4.79 Å². The second-order valence-corrected chi connectivity index (χ2v) is 3.82. The Morgan fingerprint density at radius 1 is 1.55 bits per heavy atom. The van der Waals surface area contributed by atoms with Crippen LogP contribution >= 0.6 is 0 Å². The second kappa shape index (κ2) is 3.24. The Balaban J connectivity index is 2.46. The molecule has 0 bridgehead atoms. The van der Waals surface area contributed by atoms with Crippen molar-refractivity contribution in [2.24, 2.45) is 11.8 Å². The van der Waals surface area contributed by atoms with Gasteiger partial charge in [0.2, 0.25) is 5.91 Å². The summed E-state index contributed by atoms with van der Waals surface area (Å²) < 4.78 is 0. The Kier molecular flexibility index (Phi) is 2.53. The van der Waals surface area contributed by atoms with Crippen LogP contribution < -0.4 is 0 Å². The van der Waals surface area contributed by atoms with E-state index in [-0.39, 0.29) is 0 Å². The summed E-state index contributed by atoms with van der Waals surface area (Å²) in [5.74, 6) is 1.74. The van der Waals surface area contributed by atoms with Gasteiger partial charge in [0, 0.05) is 20.0 Å². The van der Waals surface area contributed by atoms with Crippen molar-refractivity contribution in [1.82, 2.24) is 4.90 Å². The predicted molar refractivity (Wildman–Crippen MR) is 45.2 cm³/mol. The third-order valence-electron chi connectivity index (χ3n) is 2.61. The quantitative estimate of drug-likeness (QED) is 0.562. The van der Waals surface area contributed by atoms with Gasteiger partial charge in [0.05, 0.1) is 0 Å². The molecule has 0 radical (unpaired) electrons. The molecule has 1 saturated heterocycles. The molecule has 0 saturated carbocycles. The van der Waals surface area contributed by atoms with Gasteiger partial charge in [-0.2, -0.15) is 0 Å². The van der Waals surface area contributed by atoms with E-state index in [4.69, 9.17) is 0 Å². The van der Waals surface area contributed by atoms with Gasteiger partial charge in [-0.1, -0.05) is 13.8 Å². The highest BCUT2D eigenvalue weighted by Crippen LogP contribution is 2.22. The lowest BCUT2D eigenvalue weighted by Gasteiger charge is -2.31. The molecule has 2 nitrogen and oxygen atoms in total. The van der Waals surface area contributed by atoms with Crippen LogP contribution in [-0.4, -0.2) is 24.4 Å². The van der Waals surface area contributed by atoms with Gasteiger partial charge >= 0.3 is 0 Å². The van der Waals surface area contributed by atoms with Crippen LogP contribution in [0, 0.1) is 11.8 Å². The lowest BCUT2D eigenvalue weighted by molar-refractivity contribution is -0.133. The summed E-state index contributed by atoms with van der Waals surface area (Å²) in [6, 6.07) is 0. The Hall–Kier alpha value is -0.530. The fraction of sp³-hybridized carbons (Fsp3) is 0.889. The highest BCUT2D eigenvalue weighted by molar-refractivity contribution is 5.76. The topological polar surface area (TPSA) is 20.3 Å². The number of carbonyl (C=O) groups excluding carboxylic acids is 1. The molecule has 0 aromatic heterocycles. The molecular formula is C9H17NO. The highest BCUT2D eigenvalue weighted by atomic mass is 16.2. The number of likely N-dealkylation sites (tertiary alicyclic amines) is 1. The van der Waals surface area contributed by atoms with Crippen molar-refractivity contribution in [3.8, 4) is 0 Å². The van der Waals surface area contributed by atoms with E-state index in [0.717, 1.165) is 25.3 Å². The lowest BCUT2D eigenvalue weighted by atomic mass is 9.88.